The van der Waals surface area contributed by atoms with Crippen molar-refractivity contribution in [2.45, 2.75) is 0 Å². The molecule has 0 fully saturated rings. The van der Waals surface area contributed by atoms with E-state index in [-0.39, 0.29) is 28.7 Å². The molecule has 0 aliphatic carbocycles. The predicted molar refractivity (Wildman–Crippen MR) is 12.3 cm³/mol. The SMILES string of the molecule is O.O=CO.[Co]. The topological polar surface area (TPSA) is 68.8 Å². The molecule has 0 heterocycles. The van der Waals surface area contributed by atoms with Gasteiger partial charge >= 0.3 is 0 Å². The maximum Gasteiger partial charge on any atom is 0.290 e. The van der Waals surface area contributed by atoms with Gasteiger partial charge in [-0.15, -0.1) is 0 Å². The zero-order valence-corrected chi connectivity index (χ0v) is 3.31. The largest absolute Gasteiger partial charge is 0.483 e. The third kappa shape index (κ3) is 3660. The van der Waals surface area contributed by atoms with Crippen molar-refractivity contribution >= 4 is 6.47 Å². The summed E-state index contributed by atoms with van der Waals surface area (Å²) in [7, 11) is 0. The first kappa shape index (κ1) is 20.4. The predicted octanol–water partition coefficient (Wildman–Crippen LogP) is -1.13. The minimum absolute atomic E-state index is 0. The minimum Gasteiger partial charge on any atom is -0.483 e. The van der Waals surface area contributed by atoms with Crippen molar-refractivity contribution in [3.8, 4) is 0 Å². The van der Waals surface area contributed by atoms with Gasteiger partial charge in [-0.1, -0.05) is 0 Å². The van der Waals surface area contributed by atoms with Crippen LogP contribution in [0.4, 0.5) is 0 Å². The summed E-state index contributed by atoms with van der Waals surface area (Å²) in [5, 5.41) is 6.89. The van der Waals surface area contributed by atoms with Crippen LogP contribution >= 0.6 is 0 Å². The minimum atomic E-state index is -0.250. The van der Waals surface area contributed by atoms with Crippen LogP contribution in [0, 0.1) is 0 Å². The number of hydrogen-bond donors (Lipinski definition) is 1. The molecule has 0 atom stereocenters. The van der Waals surface area contributed by atoms with E-state index < -0.39 is 0 Å². The summed E-state index contributed by atoms with van der Waals surface area (Å²) >= 11 is 0. The summed E-state index contributed by atoms with van der Waals surface area (Å²) in [4.78, 5) is 8.36. The number of carboxylic acid groups (broad SMARTS) is 1. The van der Waals surface area contributed by atoms with Crippen LogP contribution in [0.1, 0.15) is 0 Å². The van der Waals surface area contributed by atoms with E-state index in [0.717, 1.165) is 0 Å². The summed E-state index contributed by atoms with van der Waals surface area (Å²) in [6, 6.07) is 0. The van der Waals surface area contributed by atoms with Crippen molar-refractivity contribution in [3.63, 3.8) is 0 Å². The third-order valence-corrected chi connectivity index (χ3v) is 0. The molecular formula is CH4CoO3. The van der Waals surface area contributed by atoms with E-state index in [1.807, 2.05) is 0 Å². The van der Waals surface area contributed by atoms with Gasteiger partial charge in [0.05, 0.1) is 0 Å². The molecule has 0 saturated heterocycles. The van der Waals surface area contributed by atoms with Gasteiger partial charge in [0.15, 0.2) is 0 Å². The Morgan fingerprint density at radius 1 is 1.60 bits per heavy atom. The second-order valence-corrected chi connectivity index (χ2v) is 0.105. The molecule has 4 heteroatoms. The molecule has 1 radical (unpaired) electrons. The Morgan fingerprint density at radius 2 is 1.60 bits per heavy atom. The molecule has 3 nitrogen and oxygen atoms in total. The molecule has 0 aliphatic heterocycles. The van der Waals surface area contributed by atoms with Gasteiger partial charge in [0.1, 0.15) is 0 Å². The Morgan fingerprint density at radius 3 is 1.60 bits per heavy atom. The summed E-state index contributed by atoms with van der Waals surface area (Å²) in [6.45, 7) is -0.250. The average Bonchev–Trinajstić information content (AvgIpc) is 0.918. The van der Waals surface area contributed by atoms with E-state index in [1.165, 1.54) is 0 Å². The molecule has 0 rings (SSSR count). The molecule has 35 valence electrons. The second kappa shape index (κ2) is 38.7. The van der Waals surface area contributed by atoms with Crippen molar-refractivity contribution in [1.82, 2.24) is 0 Å². The molecule has 0 aromatic heterocycles. The molecule has 0 bridgehead atoms. The van der Waals surface area contributed by atoms with E-state index in [2.05, 4.69) is 0 Å². The zero-order valence-electron chi connectivity index (χ0n) is 2.27. The summed E-state index contributed by atoms with van der Waals surface area (Å²) < 4.78 is 0. The molecule has 5 heavy (non-hydrogen) atoms. The van der Waals surface area contributed by atoms with Crippen LogP contribution in [0.3, 0.4) is 0 Å². The van der Waals surface area contributed by atoms with Crippen LogP contribution in [0.2, 0.25) is 0 Å². The quantitative estimate of drug-likeness (QED) is 0.414. The second-order valence-electron chi connectivity index (χ2n) is 0.105. The third-order valence-electron chi connectivity index (χ3n) is 0. The van der Waals surface area contributed by atoms with Gasteiger partial charge in [0, 0.05) is 16.8 Å². The van der Waals surface area contributed by atoms with Crippen LogP contribution in [-0.2, 0) is 21.6 Å². The van der Waals surface area contributed by atoms with Crippen molar-refractivity contribution in [1.29, 1.82) is 0 Å². The fourth-order valence-corrected chi connectivity index (χ4v) is 0. The van der Waals surface area contributed by atoms with Gasteiger partial charge in [-0.2, -0.15) is 0 Å². The fraction of sp³-hybridized carbons (Fsp3) is 0. The van der Waals surface area contributed by atoms with E-state index in [1.54, 1.807) is 0 Å². The van der Waals surface area contributed by atoms with Crippen molar-refractivity contribution < 1.29 is 32.2 Å². The van der Waals surface area contributed by atoms with Crippen LogP contribution in [0.15, 0.2) is 0 Å². The van der Waals surface area contributed by atoms with Gasteiger partial charge in [-0.05, 0) is 0 Å². The van der Waals surface area contributed by atoms with Gasteiger partial charge in [-0.3, -0.25) is 4.79 Å². The molecule has 0 aromatic rings. The summed E-state index contributed by atoms with van der Waals surface area (Å²) in [5.74, 6) is 0. The van der Waals surface area contributed by atoms with Crippen molar-refractivity contribution in [3.05, 3.63) is 0 Å². The monoisotopic (exact) mass is 123 g/mol. The molecule has 0 spiro atoms. The number of hydrogen-bond acceptors (Lipinski definition) is 1. The maximum absolute atomic E-state index is 8.36. The Balaban J connectivity index is -0.0000000200. The molecule has 3 N–H and O–H groups in total. The van der Waals surface area contributed by atoms with E-state index in [9.17, 15) is 0 Å². The van der Waals surface area contributed by atoms with Crippen molar-refractivity contribution in [2.24, 2.45) is 0 Å². The first-order valence-electron chi connectivity index (χ1n) is 0.494. The maximum atomic E-state index is 8.36. The van der Waals surface area contributed by atoms with Gasteiger partial charge < -0.3 is 10.6 Å². The Bertz CT molecular complexity index is 14.4. The van der Waals surface area contributed by atoms with Crippen molar-refractivity contribution in [2.75, 3.05) is 0 Å². The Kier molecular flexibility index (Phi) is 158. The zero-order chi connectivity index (χ0) is 2.71. The smallest absolute Gasteiger partial charge is 0.290 e. The fourth-order valence-electron chi connectivity index (χ4n) is 0. The molecule has 0 aliphatic rings. The van der Waals surface area contributed by atoms with Crippen LogP contribution in [0.25, 0.3) is 0 Å². The van der Waals surface area contributed by atoms with Crippen LogP contribution < -0.4 is 0 Å². The van der Waals surface area contributed by atoms with Gasteiger partial charge in [-0.25, -0.2) is 0 Å². The summed E-state index contributed by atoms with van der Waals surface area (Å²) in [5.41, 5.74) is 0. The Hall–Kier alpha value is -0.0635. The van der Waals surface area contributed by atoms with Gasteiger partial charge in [0.25, 0.3) is 6.47 Å². The molecule has 0 amide bonds. The normalized spacial score (nSPS) is 2.40. The first-order valence-corrected chi connectivity index (χ1v) is 0.494. The van der Waals surface area contributed by atoms with Crippen LogP contribution in [0.5, 0.6) is 0 Å². The van der Waals surface area contributed by atoms with Gasteiger partial charge in [0.2, 0.25) is 0 Å². The summed E-state index contributed by atoms with van der Waals surface area (Å²) in [6.07, 6.45) is 0. The molecule has 0 aromatic carbocycles. The van der Waals surface area contributed by atoms with E-state index in [0.29, 0.717) is 0 Å². The molecule has 0 saturated carbocycles. The van der Waals surface area contributed by atoms with Crippen LogP contribution in [-0.4, -0.2) is 17.1 Å². The Labute approximate surface area is 39.5 Å². The average molecular weight is 123 g/mol. The molecule has 0 unspecified atom stereocenters. The van der Waals surface area contributed by atoms with E-state index >= 15 is 0 Å². The number of rotatable bonds is 0. The number of carbonyl (C=O) groups is 1. The standard InChI is InChI=1S/CH2O2.Co.H2O/c2-1-3;;/h1H,(H,2,3);;1H2. The molecular weight excluding hydrogens is 119 g/mol. The van der Waals surface area contributed by atoms with E-state index in [4.69, 9.17) is 9.90 Å². The first-order chi connectivity index (χ1) is 1.41.